The van der Waals surface area contributed by atoms with Crippen LogP contribution in [0, 0.1) is 0 Å². The summed E-state index contributed by atoms with van der Waals surface area (Å²) in [5.74, 6) is 0.442. The standard InChI is InChI=1S/C30H26N2O6S/c1-4-38-29(35)25-26(18-10-6-5-7-11-18)31-30-32(27(25)20-14-15-22(36-2)23(16-20)37-3)28(34)24(39-30)17-19-12-8-9-13-21(19)33/h5-17,27,33H,4H2,1-3H3/b24-17+/t27-/m0/s1. The summed E-state index contributed by atoms with van der Waals surface area (Å²) in [5, 5.41) is 10.3. The van der Waals surface area contributed by atoms with Crippen LogP contribution in [0.25, 0.3) is 11.8 Å². The fraction of sp³-hybridized carbons (Fsp3) is 0.167. The molecule has 0 saturated carbocycles. The van der Waals surface area contributed by atoms with Gasteiger partial charge in [0.15, 0.2) is 16.3 Å². The van der Waals surface area contributed by atoms with Crippen molar-refractivity contribution in [1.29, 1.82) is 0 Å². The van der Waals surface area contributed by atoms with E-state index in [2.05, 4.69) is 0 Å². The topological polar surface area (TPSA) is 99.4 Å². The lowest BCUT2D eigenvalue weighted by Crippen LogP contribution is -2.40. The molecule has 1 aliphatic heterocycles. The molecule has 8 nitrogen and oxygen atoms in total. The summed E-state index contributed by atoms with van der Waals surface area (Å²) in [7, 11) is 3.06. The van der Waals surface area contributed by atoms with Crippen molar-refractivity contribution in [3.8, 4) is 17.2 Å². The SMILES string of the molecule is CCOC(=O)C1=C(c2ccccc2)N=c2s/c(=C/c3ccccc3O)c(=O)n2[C@H]1c1ccc(OC)c(OC)c1. The molecular formula is C30H26N2O6S. The fourth-order valence-electron chi connectivity index (χ4n) is 4.53. The highest BCUT2D eigenvalue weighted by atomic mass is 32.1. The van der Waals surface area contributed by atoms with E-state index in [-0.39, 0.29) is 23.5 Å². The van der Waals surface area contributed by atoms with Crippen molar-refractivity contribution in [3.05, 3.63) is 115 Å². The number of nitrogens with zero attached hydrogens (tertiary/aromatic N) is 2. The number of methoxy groups -OCH3 is 2. The minimum absolute atomic E-state index is 0.0527. The van der Waals surface area contributed by atoms with Gasteiger partial charge in [-0.05, 0) is 36.8 Å². The first-order valence-electron chi connectivity index (χ1n) is 12.2. The molecule has 0 unspecified atom stereocenters. The molecule has 0 saturated heterocycles. The van der Waals surface area contributed by atoms with Crippen molar-refractivity contribution in [2.45, 2.75) is 13.0 Å². The Labute approximate surface area is 228 Å². The number of carbonyl (C=O) groups is 1. The van der Waals surface area contributed by atoms with Crippen LogP contribution < -0.4 is 24.4 Å². The lowest BCUT2D eigenvalue weighted by molar-refractivity contribution is -0.138. The van der Waals surface area contributed by atoms with E-state index in [0.717, 1.165) is 0 Å². The number of thiazole rings is 1. The van der Waals surface area contributed by atoms with Crippen LogP contribution >= 0.6 is 11.3 Å². The molecule has 1 aliphatic rings. The number of carbonyl (C=O) groups excluding carboxylic acids is 1. The van der Waals surface area contributed by atoms with Crippen LogP contribution in [0.2, 0.25) is 0 Å². The molecule has 0 aliphatic carbocycles. The summed E-state index contributed by atoms with van der Waals surface area (Å²) in [5.41, 5.74) is 2.13. The molecule has 39 heavy (non-hydrogen) atoms. The Kier molecular flexibility index (Phi) is 7.33. The molecule has 1 N–H and O–H groups in total. The van der Waals surface area contributed by atoms with Gasteiger partial charge in [-0.2, -0.15) is 0 Å². The molecule has 1 atom stereocenters. The number of hydrogen-bond acceptors (Lipinski definition) is 8. The smallest absolute Gasteiger partial charge is 0.338 e. The number of ether oxygens (including phenoxy) is 3. The molecule has 0 bridgehead atoms. The average molecular weight is 543 g/mol. The predicted octanol–water partition coefficient (Wildman–Crippen LogP) is 3.66. The van der Waals surface area contributed by atoms with Gasteiger partial charge in [0, 0.05) is 11.1 Å². The Morgan fingerprint density at radius 3 is 2.44 bits per heavy atom. The monoisotopic (exact) mass is 542 g/mol. The first-order chi connectivity index (χ1) is 19.0. The van der Waals surface area contributed by atoms with E-state index in [0.29, 0.717) is 43.2 Å². The van der Waals surface area contributed by atoms with E-state index < -0.39 is 12.0 Å². The zero-order chi connectivity index (χ0) is 27.5. The van der Waals surface area contributed by atoms with Crippen molar-refractivity contribution in [2.24, 2.45) is 4.99 Å². The highest BCUT2D eigenvalue weighted by Gasteiger charge is 2.35. The van der Waals surface area contributed by atoms with Gasteiger partial charge in [0.1, 0.15) is 5.75 Å². The summed E-state index contributed by atoms with van der Waals surface area (Å²) >= 11 is 1.18. The summed E-state index contributed by atoms with van der Waals surface area (Å²) < 4.78 is 18.3. The zero-order valence-corrected chi connectivity index (χ0v) is 22.4. The number of aromatic hydroxyl groups is 1. The number of rotatable bonds is 7. The van der Waals surface area contributed by atoms with Crippen molar-refractivity contribution in [3.63, 3.8) is 0 Å². The van der Waals surface area contributed by atoms with E-state index in [1.807, 2.05) is 30.3 Å². The number of aromatic nitrogens is 1. The molecule has 2 heterocycles. The Bertz CT molecular complexity index is 1750. The van der Waals surface area contributed by atoms with Crippen LogP contribution in [0.3, 0.4) is 0 Å². The van der Waals surface area contributed by atoms with E-state index in [1.165, 1.54) is 30.1 Å². The molecule has 0 radical (unpaired) electrons. The second kappa shape index (κ2) is 11.0. The summed E-state index contributed by atoms with van der Waals surface area (Å²) in [6.45, 7) is 1.88. The van der Waals surface area contributed by atoms with Crippen molar-refractivity contribution < 1.29 is 24.1 Å². The van der Waals surface area contributed by atoms with Gasteiger partial charge in [0.2, 0.25) is 0 Å². The van der Waals surface area contributed by atoms with Gasteiger partial charge >= 0.3 is 5.97 Å². The average Bonchev–Trinajstić information content (AvgIpc) is 3.27. The van der Waals surface area contributed by atoms with E-state index in [1.54, 1.807) is 55.5 Å². The predicted molar refractivity (Wildman–Crippen MR) is 149 cm³/mol. The van der Waals surface area contributed by atoms with Crippen LogP contribution in [-0.2, 0) is 9.53 Å². The Morgan fingerprint density at radius 2 is 1.74 bits per heavy atom. The van der Waals surface area contributed by atoms with Gasteiger partial charge in [0.05, 0.1) is 42.7 Å². The molecule has 5 rings (SSSR count). The third-order valence-electron chi connectivity index (χ3n) is 6.32. The van der Waals surface area contributed by atoms with Gasteiger partial charge in [-0.1, -0.05) is 65.9 Å². The minimum Gasteiger partial charge on any atom is -0.507 e. The lowest BCUT2D eigenvalue weighted by Gasteiger charge is -2.26. The molecule has 9 heteroatoms. The largest absolute Gasteiger partial charge is 0.507 e. The molecule has 1 aromatic heterocycles. The number of para-hydroxylation sites is 1. The second-order valence-corrected chi connectivity index (χ2v) is 9.61. The van der Waals surface area contributed by atoms with E-state index in [4.69, 9.17) is 19.2 Å². The van der Waals surface area contributed by atoms with Gasteiger partial charge in [0.25, 0.3) is 5.56 Å². The quantitative estimate of drug-likeness (QED) is 0.358. The Balaban J connectivity index is 1.86. The van der Waals surface area contributed by atoms with Crippen molar-refractivity contribution in [1.82, 2.24) is 4.57 Å². The maximum absolute atomic E-state index is 13.9. The van der Waals surface area contributed by atoms with Crippen LogP contribution in [0.15, 0.2) is 88.2 Å². The van der Waals surface area contributed by atoms with Crippen LogP contribution in [0.5, 0.6) is 17.2 Å². The second-order valence-electron chi connectivity index (χ2n) is 8.60. The van der Waals surface area contributed by atoms with Crippen molar-refractivity contribution >= 4 is 29.1 Å². The lowest BCUT2D eigenvalue weighted by atomic mass is 9.93. The van der Waals surface area contributed by atoms with Crippen LogP contribution in [-0.4, -0.2) is 36.5 Å². The fourth-order valence-corrected chi connectivity index (χ4v) is 5.52. The molecule has 0 fully saturated rings. The van der Waals surface area contributed by atoms with Gasteiger partial charge in [-0.25, -0.2) is 9.79 Å². The molecule has 198 valence electrons. The number of hydrogen-bond donors (Lipinski definition) is 1. The Hall–Kier alpha value is -4.63. The summed E-state index contributed by atoms with van der Waals surface area (Å²) in [6, 6.07) is 20.5. The third-order valence-corrected chi connectivity index (χ3v) is 7.30. The van der Waals surface area contributed by atoms with E-state index in [9.17, 15) is 14.7 Å². The van der Waals surface area contributed by atoms with E-state index >= 15 is 0 Å². The Morgan fingerprint density at radius 1 is 1.03 bits per heavy atom. The third kappa shape index (κ3) is 4.84. The number of benzene rings is 3. The molecule has 3 aromatic carbocycles. The molecular weight excluding hydrogens is 516 g/mol. The number of phenolic OH excluding ortho intramolecular Hbond substituents is 1. The van der Waals surface area contributed by atoms with Crippen LogP contribution in [0.4, 0.5) is 0 Å². The normalized spacial score (nSPS) is 14.9. The maximum Gasteiger partial charge on any atom is 0.338 e. The number of esters is 1. The van der Waals surface area contributed by atoms with Gasteiger partial charge in [-0.15, -0.1) is 0 Å². The molecule has 4 aromatic rings. The highest BCUT2D eigenvalue weighted by Crippen LogP contribution is 2.38. The highest BCUT2D eigenvalue weighted by molar-refractivity contribution is 7.07. The van der Waals surface area contributed by atoms with Crippen molar-refractivity contribution in [2.75, 3.05) is 20.8 Å². The maximum atomic E-state index is 13.9. The summed E-state index contributed by atoms with van der Waals surface area (Å²) in [6.07, 6.45) is 1.63. The summed E-state index contributed by atoms with van der Waals surface area (Å²) in [4.78, 5) is 32.7. The minimum atomic E-state index is -0.859. The number of fused-ring (bicyclic) bond motifs is 1. The zero-order valence-electron chi connectivity index (χ0n) is 21.6. The van der Waals surface area contributed by atoms with Crippen LogP contribution in [0.1, 0.15) is 29.7 Å². The molecule has 0 amide bonds. The van der Waals surface area contributed by atoms with Gasteiger partial charge < -0.3 is 19.3 Å². The first-order valence-corrected chi connectivity index (χ1v) is 13.1. The number of phenols is 1. The molecule has 0 spiro atoms. The van der Waals surface area contributed by atoms with Gasteiger partial charge in [-0.3, -0.25) is 9.36 Å². The first kappa shape index (κ1) is 26.0.